The van der Waals surface area contributed by atoms with E-state index in [9.17, 15) is 4.79 Å². The quantitative estimate of drug-likeness (QED) is 0.384. The number of rotatable bonds is 5. The van der Waals surface area contributed by atoms with Gasteiger partial charge in [0, 0.05) is 0 Å². The average Bonchev–Trinajstić information content (AvgIpc) is 2.20. The van der Waals surface area contributed by atoms with Crippen LogP contribution in [0, 0.1) is 5.92 Å². The first-order valence-corrected chi connectivity index (χ1v) is 5.68. The molecule has 0 radical (unpaired) electrons. The van der Waals surface area contributed by atoms with Gasteiger partial charge in [0.2, 0.25) is 0 Å². The third kappa shape index (κ3) is 3.95. The molecule has 0 bridgehead atoms. The Bertz CT molecular complexity index is 196. The van der Waals surface area contributed by atoms with Crippen molar-refractivity contribution in [2.75, 3.05) is 6.61 Å². The maximum absolute atomic E-state index is 11.2. The predicted octanol–water partition coefficient (Wildman–Crippen LogP) is 3.08. The van der Waals surface area contributed by atoms with Crippen LogP contribution in [-0.2, 0) is 9.53 Å². The Morgan fingerprint density at radius 2 is 2.36 bits per heavy atom. The number of cyclic esters (lactones) is 1. The van der Waals surface area contributed by atoms with Crippen molar-refractivity contribution in [3.63, 3.8) is 0 Å². The Morgan fingerprint density at radius 3 is 3.07 bits per heavy atom. The van der Waals surface area contributed by atoms with Gasteiger partial charge in [-0.3, -0.25) is 4.79 Å². The fraction of sp³-hybridized carbons (Fsp3) is 0.750. The second kappa shape index (κ2) is 6.63. The predicted molar refractivity (Wildman–Crippen MR) is 57.0 cm³/mol. The van der Waals surface area contributed by atoms with E-state index in [0.717, 1.165) is 19.3 Å². The van der Waals surface area contributed by atoms with Crippen LogP contribution < -0.4 is 0 Å². The number of carbonyl (C=O) groups excluding carboxylic acids is 1. The Kier molecular flexibility index (Phi) is 5.35. The van der Waals surface area contributed by atoms with Crippen molar-refractivity contribution in [3.05, 3.63) is 12.2 Å². The molecule has 1 atom stereocenters. The SMILES string of the molecule is CCCCC/C=C/C1CCCOC1=O. The molecule has 0 spiro atoms. The summed E-state index contributed by atoms with van der Waals surface area (Å²) in [5, 5.41) is 0. The highest BCUT2D eigenvalue weighted by molar-refractivity contribution is 5.74. The van der Waals surface area contributed by atoms with Crippen molar-refractivity contribution in [3.8, 4) is 0 Å². The van der Waals surface area contributed by atoms with Crippen LogP contribution in [-0.4, -0.2) is 12.6 Å². The van der Waals surface area contributed by atoms with Crippen LogP contribution in [0.3, 0.4) is 0 Å². The molecule has 1 aliphatic heterocycles. The second-order valence-electron chi connectivity index (χ2n) is 3.84. The van der Waals surface area contributed by atoms with Crippen LogP contribution in [0.5, 0.6) is 0 Å². The monoisotopic (exact) mass is 196 g/mol. The molecule has 1 rings (SSSR count). The van der Waals surface area contributed by atoms with Crippen LogP contribution in [0.1, 0.15) is 45.4 Å². The molecule has 0 aromatic carbocycles. The molecular formula is C12H20O2. The molecule has 1 heterocycles. The highest BCUT2D eigenvalue weighted by Gasteiger charge is 2.20. The largest absolute Gasteiger partial charge is 0.465 e. The van der Waals surface area contributed by atoms with Gasteiger partial charge in [-0.05, 0) is 25.7 Å². The van der Waals surface area contributed by atoms with Gasteiger partial charge in [0.25, 0.3) is 0 Å². The number of ether oxygens (including phenoxy) is 1. The Morgan fingerprint density at radius 1 is 1.50 bits per heavy atom. The molecule has 2 nitrogen and oxygen atoms in total. The van der Waals surface area contributed by atoms with Gasteiger partial charge in [0.05, 0.1) is 12.5 Å². The third-order valence-electron chi connectivity index (χ3n) is 2.55. The number of hydrogen-bond acceptors (Lipinski definition) is 2. The molecule has 14 heavy (non-hydrogen) atoms. The van der Waals surface area contributed by atoms with Crippen molar-refractivity contribution >= 4 is 5.97 Å². The Hall–Kier alpha value is -0.790. The third-order valence-corrected chi connectivity index (χ3v) is 2.55. The fourth-order valence-corrected chi connectivity index (χ4v) is 1.65. The number of unbranched alkanes of at least 4 members (excludes halogenated alkanes) is 3. The Balaban J connectivity index is 2.17. The van der Waals surface area contributed by atoms with Crippen molar-refractivity contribution in [2.45, 2.75) is 45.4 Å². The highest BCUT2D eigenvalue weighted by atomic mass is 16.5. The van der Waals surface area contributed by atoms with Crippen LogP contribution in [0.15, 0.2) is 12.2 Å². The first-order valence-electron chi connectivity index (χ1n) is 5.68. The van der Waals surface area contributed by atoms with E-state index < -0.39 is 0 Å². The van der Waals surface area contributed by atoms with Crippen molar-refractivity contribution in [1.29, 1.82) is 0 Å². The first-order chi connectivity index (χ1) is 6.84. The maximum Gasteiger partial charge on any atom is 0.312 e. The number of allylic oxidation sites excluding steroid dienone is 1. The molecule has 0 saturated carbocycles. The molecule has 0 aromatic heterocycles. The van der Waals surface area contributed by atoms with Gasteiger partial charge in [0.15, 0.2) is 0 Å². The van der Waals surface area contributed by atoms with E-state index in [4.69, 9.17) is 4.74 Å². The lowest BCUT2D eigenvalue weighted by Crippen LogP contribution is -2.22. The molecule has 1 aliphatic rings. The average molecular weight is 196 g/mol. The summed E-state index contributed by atoms with van der Waals surface area (Å²) in [4.78, 5) is 11.2. The van der Waals surface area contributed by atoms with E-state index in [1.807, 2.05) is 6.08 Å². The summed E-state index contributed by atoms with van der Waals surface area (Å²) in [6, 6.07) is 0. The number of hydrogen-bond donors (Lipinski definition) is 0. The summed E-state index contributed by atoms with van der Waals surface area (Å²) in [5.41, 5.74) is 0. The lowest BCUT2D eigenvalue weighted by atomic mass is 10.0. The summed E-state index contributed by atoms with van der Waals surface area (Å²) in [7, 11) is 0. The summed E-state index contributed by atoms with van der Waals surface area (Å²) in [5.74, 6) is -0.00614. The van der Waals surface area contributed by atoms with Crippen molar-refractivity contribution in [1.82, 2.24) is 0 Å². The minimum atomic E-state index is -0.0389. The summed E-state index contributed by atoms with van der Waals surface area (Å²) < 4.78 is 4.98. The summed E-state index contributed by atoms with van der Waals surface area (Å²) >= 11 is 0. The molecular weight excluding hydrogens is 176 g/mol. The van der Waals surface area contributed by atoms with E-state index in [1.54, 1.807) is 0 Å². The molecule has 1 unspecified atom stereocenters. The highest BCUT2D eigenvalue weighted by Crippen LogP contribution is 2.16. The van der Waals surface area contributed by atoms with Gasteiger partial charge < -0.3 is 4.74 Å². The zero-order chi connectivity index (χ0) is 10.2. The van der Waals surface area contributed by atoms with Gasteiger partial charge in [0.1, 0.15) is 0 Å². The second-order valence-corrected chi connectivity index (χ2v) is 3.84. The summed E-state index contributed by atoms with van der Waals surface area (Å²) in [6.45, 7) is 2.81. The standard InChI is InChI=1S/C12H20O2/c1-2-3-4-5-6-8-11-9-7-10-14-12(11)13/h6,8,11H,2-5,7,9-10H2,1H3/b8-6+. The lowest BCUT2D eigenvalue weighted by Gasteiger charge is -2.17. The van der Waals surface area contributed by atoms with Gasteiger partial charge in [-0.25, -0.2) is 0 Å². The van der Waals surface area contributed by atoms with Crippen LogP contribution >= 0.6 is 0 Å². The topological polar surface area (TPSA) is 26.3 Å². The lowest BCUT2D eigenvalue weighted by molar-refractivity contribution is -0.150. The summed E-state index contributed by atoms with van der Waals surface area (Å²) in [6.07, 6.45) is 11.0. The van der Waals surface area contributed by atoms with Crippen LogP contribution in [0.4, 0.5) is 0 Å². The van der Waals surface area contributed by atoms with E-state index in [-0.39, 0.29) is 11.9 Å². The maximum atomic E-state index is 11.2. The van der Waals surface area contributed by atoms with E-state index >= 15 is 0 Å². The molecule has 0 aromatic rings. The number of esters is 1. The van der Waals surface area contributed by atoms with Crippen LogP contribution in [0.2, 0.25) is 0 Å². The minimum absolute atomic E-state index is 0.0328. The minimum Gasteiger partial charge on any atom is -0.465 e. The van der Waals surface area contributed by atoms with E-state index in [2.05, 4.69) is 13.0 Å². The zero-order valence-corrected chi connectivity index (χ0v) is 9.00. The fourth-order valence-electron chi connectivity index (χ4n) is 1.65. The Labute approximate surface area is 86.3 Å². The van der Waals surface area contributed by atoms with E-state index in [1.165, 1.54) is 19.3 Å². The molecule has 2 heteroatoms. The number of carbonyl (C=O) groups is 1. The van der Waals surface area contributed by atoms with Gasteiger partial charge in [-0.15, -0.1) is 0 Å². The first kappa shape index (κ1) is 11.3. The van der Waals surface area contributed by atoms with Gasteiger partial charge >= 0.3 is 5.97 Å². The molecule has 1 saturated heterocycles. The van der Waals surface area contributed by atoms with Crippen LogP contribution in [0.25, 0.3) is 0 Å². The van der Waals surface area contributed by atoms with Crippen molar-refractivity contribution in [2.24, 2.45) is 5.92 Å². The van der Waals surface area contributed by atoms with Gasteiger partial charge in [-0.1, -0.05) is 31.9 Å². The van der Waals surface area contributed by atoms with Gasteiger partial charge in [-0.2, -0.15) is 0 Å². The molecule has 80 valence electrons. The van der Waals surface area contributed by atoms with Crippen molar-refractivity contribution < 1.29 is 9.53 Å². The van der Waals surface area contributed by atoms with E-state index in [0.29, 0.717) is 6.61 Å². The molecule has 1 fully saturated rings. The normalized spacial score (nSPS) is 22.6. The smallest absolute Gasteiger partial charge is 0.312 e. The molecule has 0 aliphatic carbocycles. The zero-order valence-electron chi connectivity index (χ0n) is 9.00. The molecule has 0 N–H and O–H groups in total. The molecule has 0 amide bonds.